The lowest BCUT2D eigenvalue weighted by Crippen LogP contribution is -2.26. The Kier molecular flexibility index (Phi) is 4.33. The van der Waals surface area contributed by atoms with E-state index in [0.29, 0.717) is 6.07 Å². The summed E-state index contributed by atoms with van der Waals surface area (Å²) in [6.45, 7) is 0.585. The summed E-state index contributed by atoms with van der Waals surface area (Å²) in [6.07, 6.45) is 0. The van der Waals surface area contributed by atoms with Crippen LogP contribution in [0.2, 0.25) is 0 Å². The van der Waals surface area contributed by atoms with E-state index >= 15 is 0 Å². The minimum Gasteiger partial charge on any atom is -0.395 e. The Balaban J connectivity index is 3.31. The van der Waals surface area contributed by atoms with Crippen molar-refractivity contribution in [2.24, 2.45) is 0 Å². The van der Waals surface area contributed by atoms with Crippen molar-refractivity contribution in [1.29, 1.82) is 0 Å². The Morgan fingerprint density at radius 2 is 2.11 bits per heavy atom. The van der Waals surface area contributed by atoms with Crippen molar-refractivity contribution in [2.45, 2.75) is 11.8 Å². The molecule has 0 aliphatic heterocycles. The zero-order valence-electron chi connectivity index (χ0n) is 9.38. The smallest absolute Gasteiger partial charge is 0.306 e. The van der Waals surface area contributed by atoms with E-state index in [9.17, 15) is 22.9 Å². The molecule has 0 heterocycles. The second-order valence-corrected chi connectivity index (χ2v) is 5.22. The molecule has 0 atom stereocenters. The molecular formula is C9H11FN2O5S. The molecular weight excluding hydrogens is 267 g/mol. The molecule has 1 rings (SSSR count). The number of halogens is 1. The van der Waals surface area contributed by atoms with Crippen molar-refractivity contribution in [3.63, 3.8) is 0 Å². The van der Waals surface area contributed by atoms with E-state index in [1.807, 2.05) is 4.72 Å². The van der Waals surface area contributed by atoms with Crippen molar-refractivity contribution in [2.75, 3.05) is 13.2 Å². The molecule has 100 valence electrons. The highest BCUT2D eigenvalue weighted by atomic mass is 32.2. The van der Waals surface area contributed by atoms with Gasteiger partial charge in [-0.25, -0.2) is 13.1 Å². The predicted octanol–water partition coefficient (Wildman–Crippen LogP) is 0.313. The quantitative estimate of drug-likeness (QED) is 0.595. The number of aliphatic hydroxyl groups excluding tert-OH is 1. The van der Waals surface area contributed by atoms with Gasteiger partial charge in [0.25, 0.3) is 0 Å². The second-order valence-electron chi connectivity index (χ2n) is 3.45. The molecule has 0 aromatic heterocycles. The van der Waals surface area contributed by atoms with Crippen molar-refractivity contribution < 1.29 is 22.8 Å². The highest BCUT2D eigenvalue weighted by molar-refractivity contribution is 7.89. The highest BCUT2D eigenvalue weighted by Crippen LogP contribution is 2.24. The number of rotatable bonds is 5. The first-order chi connectivity index (χ1) is 8.29. The maximum atomic E-state index is 13.4. The summed E-state index contributed by atoms with van der Waals surface area (Å²) >= 11 is 0. The Bertz CT molecular complexity index is 573. The number of aryl methyl sites for hydroxylation is 1. The number of hydrogen-bond acceptors (Lipinski definition) is 5. The summed E-state index contributed by atoms with van der Waals surface area (Å²) < 4.78 is 38.7. The lowest BCUT2D eigenvalue weighted by atomic mass is 10.2. The van der Waals surface area contributed by atoms with E-state index in [1.54, 1.807) is 0 Å². The SMILES string of the molecule is Cc1cc(S(=O)(=O)NCCO)cc([N+](=O)[O-])c1F. The summed E-state index contributed by atoms with van der Waals surface area (Å²) in [5.41, 5.74) is -1.05. The van der Waals surface area contributed by atoms with Crippen molar-refractivity contribution in [3.05, 3.63) is 33.6 Å². The number of nitrogens with zero attached hydrogens (tertiary/aromatic N) is 1. The van der Waals surface area contributed by atoms with Crippen LogP contribution in [0.3, 0.4) is 0 Å². The molecule has 0 aliphatic carbocycles. The van der Waals surface area contributed by atoms with Gasteiger partial charge in [-0.2, -0.15) is 4.39 Å². The molecule has 9 heteroatoms. The molecule has 18 heavy (non-hydrogen) atoms. The average molecular weight is 278 g/mol. The molecule has 0 saturated carbocycles. The zero-order chi connectivity index (χ0) is 13.9. The average Bonchev–Trinajstić information content (AvgIpc) is 2.29. The van der Waals surface area contributed by atoms with Crippen molar-refractivity contribution in [3.8, 4) is 0 Å². The van der Waals surface area contributed by atoms with E-state index < -0.39 is 38.0 Å². The summed E-state index contributed by atoms with van der Waals surface area (Å²) in [4.78, 5) is 9.17. The van der Waals surface area contributed by atoms with Gasteiger partial charge in [0.2, 0.25) is 15.8 Å². The molecule has 2 N–H and O–H groups in total. The first-order valence-corrected chi connectivity index (χ1v) is 6.33. The Hall–Kier alpha value is -1.58. The van der Waals surface area contributed by atoms with Crippen LogP contribution in [0.5, 0.6) is 0 Å². The van der Waals surface area contributed by atoms with Gasteiger partial charge in [0, 0.05) is 12.6 Å². The van der Waals surface area contributed by atoms with Gasteiger partial charge < -0.3 is 5.11 Å². The number of nitro benzene ring substituents is 1. The molecule has 0 unspecified atom stereocenters. The monoisotopic (exact) mass is 278 g/mol. The maximum absolute atomic E-state index is 13.4. The molecule has 0 aliphatic rings. The number of nitrogens with one attached hydrogen (secondary N) is 1. The number of benzene rings is 1. The van der Waals surface area contributed by atoms with Gasteiger partial charge in [-0.3, -0.25) is 10.1 Å². The van der Waals surface area contributed by atoms with E-state index in [-0.39, 0.29) is 12.1 Å². The Morgan fingerprint density at radius 1 is 1.50 bits per heavy atom. The number of sulfonamides is 1. The van der Waals surface area contributed by atoms with Gasteiger partial charge in [0.1, 0.15) is 0 Å². The van der Waals surface area contributed by atoms with Crippen LogP contribution in [0.15, 0.2) is 17.0 Å². The topological polar surface area (TPSA) is 110 Å². The maximum Gasteiger partial charge on any atom is 0.306 e. The van der Waals surface area contributed by atoms with E-state index in [0.717, 1.165) is 6.07 Å². The third-order valence-corrected chi connectivity index (χ3v) is 3.56. The fraction of sp³-hybridized carbons (Fsp3) is 0.333. The first-order valence-electron chi connectivity index (χ1n) is 4.84. The normalized spacial score (nSPS) is 11.5. The molecule has 1 aromatic carbocycles. The highest BCUT2D eigenvalue weighted by Gasteiger charge is 2.23. The van der Waals surface area contributed by atoms with Crippen LogP contribution in [0, 0.1) is 22.9 Å². The molecule has 1 aromatic rings. The summed E-state index contributed by atoms with van der Waals surface area (Å²) in [7, 11) is -4.00. The van der Waals surface area contributed by atoms with Gasteiger partial charge in [-0.1, -0.05) is 0 Å². The first kappa shape index (κ1) is 14.5. The van der Waals surface area contributed by atoms with E-state index in [1.165, 1.54) is 6.92 Å². The number of nitro groups is 1. The molecule has 0 saturated heterocycles. The van der Waals surface area contributed by atoms with Crippen LogP contribution in [-0.4, -0.2) is 31.6 Å². The lowest BCUT2D eigenvalue weighted by molar-refractivity contribution is -0.387. The Labute approximate surface area is 102 Å². The van der Waals surface area contributed by atoms with E-state index in [2.05, 4.69) is 0 Å². The van der Waals surface area contributed by atoms with Crippen LogP contribution in [-0.2, 0) is 10.0 Å². The third-order valence-electron chi connectivity index (χ3n) is 2.12. The van der Waals surface area contributed by atoms with Crippen LogP contribution in [0.1, 0.15) is 5.56 Å². The second kappa shape index (κ2) is 5.38. The lowest BCUT2D eigenvalue weighted by Gasteiger charge is -2.07. The van der Waals surface area contributed by atoms with Crippen LogP contribution >= 0.6 is 0 Å². The van der Waals surface area contributed by atoms with Crippen LogP contribution < -0.4 is 4.72 Å². The third kappa shape index (κ3) is 3.00. The molecule has 0 spiro atoms. The standard InChI is InChI=1S/C9H11FN2O5S/c1-6-4-7(18(16,17)11-2-3-13)5-8(9(6)10)12(14)15/h4-5,11,13H,2-3H2,1H3. The van der Waals surface area contributed by atoms with Crippen molar-refractivity contribution in [1.82, 2.24) is 4.72 Å². The minimum atomic E-state index is -4.00. The predicted molar refractivity (Wildman–Crippen MR) is 60.1 cm³/mol. The van der Waals surface area contributed by atoms with Crippen LogP contribution in [0.4, 0.5) is 10.1 Å². The van der Waals surface area contributed by atoms with E-state index in [4.69, 9.17) is 5.11 Å². The largest absolute Gasteiger partial charge is 0.395 e. The molecule has 7 nitrogen and oxygen atoms in total. The van der Waals surface area contributed by atoms with Crippen LogP contribution in [0.25, 0.3) is 0 Å². The summed E-state index contributed by atoms with van der Waals surface area (Å²) in [6, 6.07) is 1.63. The Morgan fingerprint density at radius 3 is 2.61 bits per heavy atom. The molecule has 0 fully saturated rings. The fourth-order valence-electron chi connectivity index (χ4n) is 1.27. The number of aliphatic hydroxyl groups is 1. The van der Waals surface area contributed by atoms with Gasteiger partial charge in [0.15, 0.2) is 0 Å². The van der Waals surface area contributed by atoms with Gasteiger partial charge in [0.05, 0.1) is 16.4 Å². The molecule has 0 radical (unpaired) electrons. The summed E-state index contributed by atoms with van der Waals surface area (Å²) in [5.74, 6) is -1.07. The fourth-order valence-corrected chi connectivity index (χ4v) is 2.40. The minimum absolute atomic E-state index is 0.145. The number of hydrogen-bond donors (Lipinski definition) is 2. The summed E-state index contributed by atoms with van der Waals surface area (Å²) in [5, 5.41) is 19.1. The molecule has 0 bridgehead atoms. The van der Waals surface area contributed by atoms with Gasteiger partial charge in [-0.15, -0.1) is 0 Å². The van der Waals surface area contributed by atoms with Crippen molar-refractivity contribution >= 4 is 15.7 Å². The molecule has 0 amide bonds. The van der Waals surface area contributed by atoms with Gasteiger partial charge in [-0.05, 0) is 18.6 Å². The zero-order valence-corrected chi connectivity index (χ0v) is 10.2. The van der Waals surface area contributed by atoms with Gasteiger partial charge >= 0.3 is 5.69 Å².